The second-order valence-electron chi connectivity index (χ2n) is 5.60. The summed E-state index contributed by atoms with van der Waals surface area (Å²) in [7, 11) is 0. The fourth-order valence-electron chi connectivity index (χ4n) is 2.36. The zero-order valence-corrected chi connectivity index (χ0v) is 13.0. The molecule has 1 aliphatic carbocycles. The van der Waals surface area contributed by atoms with Crippen molar-refractivity contribution in [3.8, 4) is 0 Å². The summed E-state index contributed by atoms with van der Waals surface area (Å²) < 4.78 is 14.6. The van der Waals surface area contributed by atoms with Crippen LogP contribution >= 0.6 is 11.3 Å². The fraction of sp³-hybridized carbons (Fsp3) is 0.333. The van der Waals surface area contributed by atoms with Gasteiger partial charge in [0.1, 0.15) is 10.8 Å². The molecule has 2 heterocycles. The van der Waals surface area contributed by atoms with Gasteiger partial charge in [-0.2, -0.15) is 9.61 Å². The van der Waals surface area contributed by atoms with E-state index in [-0.39, 0.29) is 18.1 Å². The highest BCUT2D eigenvalue weighted by Gasteiger charge is 2.30. The molecule has 0 radical (unpaired) electrons. The molecule has 0 atom stereocenters. The number of halogens is 1. The lowest BCUT2D eigenvalue weighted by Gasteiger charge is -2.03. The molecule has 0 spiro atoms. The highest BCUT2D eigenvalue weighted by Crippen LogP contribution is 2.39. The lowest BCUT2D eigenvalue weighted by Crippen LogP contribution is -2.24. The molecule has 2 aromatic heterocycles. The minimum atomic E-state index is -0.305. The number of nitrogens with zero attached hydrogens (tertiary/aromatic N) is 4. The summed E-state index contributed by atoms with van der Waals surface area (Å²) in [4.78, 5) is 12.7. The summed E-state index contributed by atoms with van der Waals surface area (Å²) in [5, 5.41) is 16.4. The Morgan fingerprint density at radius 1 is 1.30 bits per heavy atom. The van der Waals surface area contributed by atoms with Gasteiger partial charge in [-0.25, -0.2) is 4.39 Å². The maximum absolute atomic E-state index is 12.8. The Morgan fingerprint density at radius 3 is 2.83 bits per heavy atom. The molecule has 1 aromatic carbocycles. The minimum absolute atomic E-state index is 0.120. The molecular formula is C15H14FN5OS. The monoisotopic (exact) mass is 331 g/mol. The van der Waals surface area contributed by atoms with Crippen molar-refractivity contribution < 1.29 is 9.18 Å². The van der Waals surface area contributed by atoms with E-state index >= 15 is 0 Å². The van der Waals surface area contributed by atoms with E-state index < -0.39 is 0 Å². The molecule has 1 aliphatic rings. The van der Waals surface area contributed by atoms with Crippen molar-refractivity contribution >= 4 is 22.2 Å². The number of carbonyl (C=O) groups is 1. The van der Waals surface area contributed by atoms with E-state index in [2.05, 4.69) is 20.6 Å². The quantitative estimate of drug-likeness (QED) is 0.777. The first kappa shape index (κ1) is 14.3. The van der Waals surface area contributed by atoms with Crippen LogP contribution in [0.25, 0.3) is 4.96 Å². The van der Waals surface area contributed by atoms with Crippen LogP contribution in [0.15, 0.2) is 24.3 Å². The van der Waals surface area contributed by atoms with E-state index in [0.29, 0.717) is 12.5 Å². The van der Waals surface area contributed by atoms with Crippen LogP contribution in [0, 0.1) is 5.82 Å². The highest BCUT2D eigenvalue weighted by molar-refractivity contribution is 7.16. The third kappa shape index (κ3) is 3.07. The summed E-state index contributed by atoms with van der Waals surface area (Å²) in [5.41, 5.74) is 0.776. The zero-order valence-electron chi connectivity index (χ0n) is 12.2. The van der Waals surface area contributed by atoms with Crippen LogP contribution in [0.1, 0.15) is 35.2 Å². The summed E-state index contributed by atoms with van der Waals surface area (Å²) in [6.07, 6.45) is 2.50. The van der Waals surface area contributed by atoms with Crippen LogP contribution < -0.4 is 5.32 Å². The van der Waals surface area contributed by atoms with Crippen molar-refractivity contribution in [2.24, 2.45) is 0 Å². The first-order chi connectivity index (χ1) is 11.2. The minimum Gasteiger partial charge on any atom is -0.349 e. The molecule has 8 heteroatoms. The number of aromatic nitrogens is 4. The SMILES string of the molecule is O=C(Cc1ccc(F)cc1)NCc1nn2c(C3CC3)nnc2s1. The summed E-state index contributed by atoms with van der Waals surface area (Å²) >= 11 is 1.43. The van der Waals surface area contributed by atoms with Gasteiger partial charge in [0, 0.05) is 5.92 Å². The standard InChI is InChI=1S/C15H14FN5OS/c16-11-5-1-9(2-6-11)7-12(22)17-8-13-20-21-14(10-3-4-10)18-19-15(21)23-13/h1-2,5-6,10H,3-4,7-8H2,(H,17,22). The number of fused-ring (bicyclic) bond motifs is 1. The number of amides is 1. The maximum Gasteiger partial charge on any atom is 0.234 e. The predicted octanol–water partition coefficient (Wildman–Crippen LogP) is 2.06. The van der Waals surface area contributed by atoms with Crippen LogP contribution in [0.3, 0.4) is 0 Å². The molecule has 1 fully saturated rings. The first-order valence-corrected chi connectivity index (χ1v) is 8.23. The van der Waals surface area contributed by atoms with E-state index in [9.17, 15) is 9.18 Å². The molecule has 0 unspecified atom stereocenters. The van der Waals surface area contributed by atoms with E-state index in [1.165, 1.54) is 23.5 Å². The number of rotatable bonds is 5. The van der Waals surface area contributed by atoms with Gasteiger partial charge in [0.25, 0.3) is 0 Å². The molecule has 1 N–H and O–H groups in total. The van der Waals surface area contributed by atoms with E-state index in [0.717, 1.165) is 34.2 Å². The van der Waals surface area contributed by atoms with Crippen molar-refractivity contribution in [1.82, 2.24) is 25.1 Å². The smallest absolute Gasteiger partial charge is 0.234 e. The molecule has 23 heavy (non-hydrogen) atoms. The van der Waals surface area contributed by atoms with Crippen molar-refractivity contribution in [2.75, 3.05) is 0 Å². The van der Waals surface area contributed by atoms with Crippen molar-refractivity contribution in [2.45, 2.75) is 31.7 Å². The molecule has 6 nitrogen and oxygen atoms in total. The molecular weight excluding hydrogens is 317 g/mol. The van der Waals surface area contributed by atoms with Gasteiger partial charge in [-0.05, 0) is 30.5 Å². The zero-order chi connectivity index (χ0) is 15.8. The molecule has 1 saturated carbocycles. The Hall–Kier alpha value is -2.35. The normalized spacial score (nSPS) is 14.3. The number of carbonyl (C=O) groups excluding carboxylic acids is 1. The van der Waals surface area contributed by atoms with Crippen molar-refractivity contribution in [1.29, 1.82) is 0 Å². The Bertz CT molecular complexity index is 853. The number of hydrogen-bond donors (Lipinski definition) is 1. The average Bonchev–Trinajstić information content (AvgIpc) is 3.17. The molecule has 4 rings (SSSR count). The van der Waals surface area contributed by atoms with Crippen molar-refractivity contribution in [3.05, 3.63) is 46.5 Å². The number of benzene rings is 1. The lowest BCUT2D eigenvalue weighted by atomic mass is 10.1. The summed E-state index contributed by atoms with van der Waals surface area (Å²) in [6.45, 7) is 0.359. The Labute approximate surface area is 135 Å². The number of nitrogens with one attached hydrogen (secondary N) is 1. The third-order valence-corrected chi connectivity index (χ3v) is 4.61. The van der Waals surface area contributed by atoms with Crippen LogP contribution in [0.2, 0.25) is 0 Å². The largest absolute Gasteiger partial charge is 0.349 e. The van der Waals surface area contributed by atoms with Gasteiger partial charge >= 0.3 is 0 Å². The van der Waals surface area contributed by atoms with Crippen LogP contribution in [0.5, 0.6) is 0 Å². The molecule has 3 aromatic rings. The van der Waals surface area contributed by atoms with Gasteiger partial charge in [0.2, 0.25) is 10.9 Å². The van der Waals surface area contributed by atoms with Gasteiger partial charge < -0.3 is 5.32 Å². The van der Waals surface area contributed by atoms with E-state index in [1.807, 2.05) is 0 Å². The van der Waals surface area contributed by atoms with Gasteiger partial charge in [0.15, 0.2) is 5.82 Å². The van der Waals surface area contributed by atoms with E-state index in [4.69, 9.17) is 0 Å². The van der Waals surface area contributed by atoms with Gasteiger partial charge in [-0.3, -0.25) is 4.79 Å². The average molecular weight is 331 g/mol. The summed E-state index contributed by atoms with van der Waals surface area (Å²) in [5.74, 6) is 0.971. The Morgan fingerprint density at radius 2 is 2.09 bits per heavy atom. The van der Waals surface area contributed by atoms with Crippen LogP contribution in [0.4, 0.5) is 4.39 Å². The molecule has 0 bridgehead atoms. The second-order valence-corrected chi connectivity index (χ2v) is 6.64. The Balaban J connectivity index is 1.38. The second kappa shape index (κ2) is 5.69. The lowest BCUT2D eigenvalue weighted by molar-refractivity contribution is -0.120. The maximum atomic E-state index is 12.8. The predicted molar refractivity (Wildman–Crippen MR) is 82.6 cm³/mol. The van der Waals surface area contributed by atoms with Crippen LogP contribution in [-0.2, 0) is 17.8 Å². The van der Waals surface area contributed by atoms with E-state index in [1.54, 1.807) is 16.6 Å². The molecule has 118 valence electrons. The molecule has 0 aliphatic heterocycles. The highest BCUT2D eigenvalue weighted by atomic mass is 32.1. The molecule has 0 saturated heterocycles. The summed E-state index contributed by atoms with van der Waals surface area (Å²) in [6, 6.07) is 5.93. The van der Waals surface area contributed by atoms with Crippen molar-refractivity contribution in [3.63, 3.8) is 0 Å². The van der Waals surface area contributed by atoms with Gasteiger partial charge in [-0.1, -0.05) is 23.5 Å². The Kier molecular flexibility index (Phi) is 3.53. The van der Waals surface area contributed by atoms with Crippen LogP contribution in [-0.4, -0.2) is 25.7 Å². The molecule has 1 amide bonds. The van der Waals surface area contributed by atoms with Gasteiger partial charge in [-0.15, -0.1) is 10.2 Å². The topological polar surface area (TPSA) is 72.2 Å². The first-order valence-electron chi connectivity index (χ1n) is 7.41. The van der Waals surface area contributed by atoms with Gasteiger partial charge in [0.05, 0.1) is 13.0 Å². The third-order valence-electron chi connectivity index (χ3n) is 3.71. The fourth-order valence-corrected chi connectivity index (χ4v) is 3.14. The number of hydrogen-bond acceptors (Lipinski definition) is 5.